The molecule has 0 fully saturated rings. The molecule has 1 heterocycles. The number of H-pyrrole nitrogens is 1. The van der Waals surface area contributed by atoms with E-state index in [1.165, 1.54) is 12.5 Å². The Labute approximate surface area is 150 Å². The van der Waals surface area contributed by atoms with Crippen LogP contribution in [0.25, 0.3) is 0 Å². The third kappa shape index (κ3) is 6.02. The van der Waals surface area contributed by atoms with Gasteiger partial charge in [0.15, 0.2) is 0 Å². The second-order valence-corrected chi connectivity index (χ2v) is 5.75. The van der Waals surface area contributed by atoms with Gasteiger partial charge in [0.2, 0.25) is 11.8 Å². The van der Waals surface area contributed by atoms with Crippen LogP contribution in [0.15, 0.2) is 42.9 Å². The van der Waals surface area contributed by atoms with Crippen molar-refractivity contribution in [1.82, 2.24) is 20.6 Å². The van der Waals surface area contributed by atoms with Crippen molar-refractivity contribution in [3.05, 3.63) is 54.1 Å². The Hall–Kier alpha value is -3.20. The van der Waals surface area contributed by atoms with Gasteiger partial charge in [0.1, 0.15) is 12.6 Å². The summed E-state index contributed by atoms with van der Waals surface area (Å²) in [6, 6.07) is 7.46. The number of nitrogens with zero attached hydrogens (tertiary/aromatic N) is 1. The molecule has 2 rings (SSSR count). The molecule has 0 aliphatic heterocycles. The number of carboxylic acids is 1. The van der Waals surface area contributed by atoms with E-state index >= 15 is 0 Å². The number of nitrogens with two attached hydrogens (primary N) is 1. The van der Waals surface area contributed by atoms with Crippen LogP contribution in [0.3, 0.4) is 0 Å². The predicted octanol–water partition coefficient (Wildman–Crippen LogP) is -0.792. The quantitative estimate of drug-likeness (QED) is 0.396. The zero-order valence-corrected chi connectivity index (χ0v) is 14.0. The molecule has 0 aliphatic rings. The molecule has 0 bridgehead atoms. The summed E-state index contributed by atoms with van der Waals surface area (Å²) < 4.78 is 0. The molecule has 26 heavy (non-hydrogen) atoms. The highest BCUT2D eigenvalue weighted by atomic mass is 16.4. The average Bonchev–Trinajstić information content (AvgIpc) is 3.13. The van der Waals surface area contributed by atoms with E-state index in [-0.39, 0.29) is 6.42 Å². The normalized spacial score (nSPS) is 12.8. The van der Waals surface area contributed by atoms with Crippen LogP contribution in [0, 0.1) is 0 Å². The second kappa shape index (κ2) is 9.33. The third-order valence-electron chi connectivity index (χ3n) is 3.66. The van der Waals surface area contributed by atoms with Gasteiger partial charge < -0.3 is 26.5 Å². The number of carbonyl (C=O) groups excluding carboxylic acids is 2. The number of benzene rings is 1. The van der Waals surface area contributed by atoms with Crippen LogP contribution >= 0.6 is 0 Å². The Morgan fingerprint density at radius 3 is 2.50 bits per heavy atom. The molecule has 2 aromatic rings. The summed E-state index contributed by atoms with van der Waals surface area (Å²) in [5.74, 6) is -2.28. The Kier molecular flexibility index (Phi) is 6.86. The molecule has 0 unspecified atom stereocenters. The van der Waals surface area contributed by atoms with Gasteiger partial charge in [-0.15, -0.1) is 0 Å². The molecule has 6 N–H and O–H groups in total. The average molecular weight is 359 g/mol. The summed E-state index contributed by atoms with van der Waals surface area (Å²) in [7, 11) is 0. The highest BCUT2D eigenvalue weighted by molar-refractivity contribution is 5.91. The fraction of sp³-hybridized carbons (Fsp3) is 0.294. The molecular formula is C17H21N5O4. The lowest BCUT2D eigenvalue weighted by atomic mass is 10.0. The van der Waals surface area contributed by atoms with Gasteiger partial charge >= 0.3 is 5.97 Å². The van der Waals surface area contributed by atoms with E-state index in [1.807, 2.05) is 30.3 Å². The van der Waals surface area contributed by atoms with Gasteiger partial charge in [-0.3, -0.25) is 14.4 Å². The third-order valence-corrected chi connectivity index (χ3v) is 3.66. The second-order valence-electron chi connectivity index (χ2n) is 5.75. The molecule has 2 amide bonds. The summed E-state index contributed by atoms with van der Waals surface area (Å²) in [4.78, 5) is 41.9. The topological polar surface area (TPSA) is 150 Å². The predicted molar refractivity (Wildman–Crippen MR) is 93.0 cm³/mol. The number of hydrogen-bond donors (Lipinski definition) is 5. The molecule has 0 spiro atoms. The number of rotatable bonds is 9. The molecular weight excluding hydrogens is 338 g/mol. The fourth-order valence-electron chi connectivity index (χ4n) is 2.35. The molecule has 2 atom stereocenters. The number of amides is 2. The van der Waals surface area contributed by atoms with Gasteiger partial charge in [-0.1, -0.05) is 30.3 Å². The molecule has 138 valence electrons. The van der Waals surface area contributed by atoms with E-state index in [0.717, 1.165) is 5.56 Å². The highest BCUT2D eigenvalue weighted by Crippen LogP contribution is 2.04. The van der Waals surface area contributed by atoms with Crippen molar-refractivity contribution in [2.24, 2.45) is 5.73 Å². The van der Waals surface area contributed by atoms with E-state index in [2.05, 4.69) is 20.6 Å². The number of aromatic amines is 1. The van der Waals surface area contributed by atoms with Gasteiger partial charge in [0.25, 0.3) is 0 Å². The zero-order chi connectivity index (χ0) is 18.9. The first-order valence-corrected chi connectivity index (χ1v) is 8.02. The Bertz CT molecular complexity index is 733. The first kappa shape index (κ1) is 19.1. The zero-order valence-electron chi connectivity index (χ0n) is 14.0. The molecule has 1 aromatic heterocycles. The minimum absolute atomic E-state index is 0.134. The Balaban J connectivity index is 2.00. The maximum atomic E-state index is 12.4. The molecule has 9 heteroatoms. The van der Waals surface area contributed by atoms with E-state index < -0.39 is 36.4 Å². The number of aliphatic carboxylic acids is 1. The van der Waals surface area contributed by atoms with Gasteiger partial charge in [-0.05, 0) is 12.0 Å². The van der Waals surface area contributed by atoms with E-state index in [1.54, 1.807) is 0 Å². The first-order valence-electron chi connectivity index (χ1n) is 8.02. The van der Waals surface area contributed by atoms with Crippen LogP contribution in [-0.4, -0.2) is 51.5 Å². The molecule has 9 nitrogen and oxygen atoms in total. The first-order chi connectivity index (χ1) is 12.5. The standard InChI is InChI=1S/C17H21N5O4/c18-13(6-11-4-2-1-3-5-11)16(25)22-14(7-12-8-19-10-21-12)17(26)20-9-15(23)24/h1-5,8,10,13-14H,6-7,9,18H2,(H,19,21)(H,20,26)(H,22,25)(H,23,24)/t13-,14-/m0/s1. The SMILES string of the molecule is N[C@@H](Cc1ccccc1)C(=O)N[C@@H](Cc1cnc[nH]1)C(=O)NCC(=O)O. The minimum atomic E-state index is -1.18. The molecule has 1 aromatic carbocycles. The van der Waals surface area contributed by atoms with Gasteiger partial charge in [0, 0.05) is 18.3 Å². The molecule has 0 radical (unpaired) electrons. The van der Waals surface area contributed by atoms with Crippen LogP contribution in [0.5, 0.6) is 0 Å². The smallest absolute Gasteiger partial charge is 0.322 e. The van der Waals surface area contributed by atoms with Crippen molar-refractivity contribution in [1.29, 1.82) is 0 Å². The summed E-state index contributed by atoms with van der Waals surface area (Å²) in [5, 5.41) is 13.5. The largest absolute Gasteiger partial charge is 0.480 e. The van der Waals surface area contributed by atoms with Crippen LogP contribution in [0.2, 0.25) is 0 Å². The summed E-state index contributed by atoms with van der Waals surface area (Å²) >= 11 is 0. The number of carbonyl (C=O) groups is 3. The van der Waals surface area contributed by atoms with Crippen molar-refractivity contribution >= 4 is 17.8 Å². The van der Waals surface area contributed by atoms with Crippen molar-refractivity contribution in [2.75, 3.05) is 6.54 Å². The number of imidazole rings is 1. The number of carboxylic acid groups (broad SMARTS) is 1. The maximum absolute atomic E-state index is 12.4. The van der Waals surface area contributed by atoms with E-state index in [4.69, 9.17) is 10.8 Å². The van der Waals surface area contributed by atoms with Gasteiger partial charge in [0.05, 0.1) is 12.4 Å². The molecule has 0 saturated carbocycles. The van der Waals surface area contributed by atoms with Crippen LogP contribution < -0.4 is 16.4 Å². The van der Waals surface area contributed by atoms with E-state index in [0.29, 0.717) is 12.1 Å². The lowest BCUT2D eigenvalue weighted by molar-refractivity contribution is -0.138. The fourth-order valence-corrected chi connectivity index (χ4v) is 2.35. The summed E-state index contributed by atoms with van der Waals surface area (Å²) in [6.45, 7) is -0.537. The van der Waals surface area contributed by atoms with Crippen molar-refractivity contribution in [3.63, 3.8) is 0 Å². The van der Waals surface area contributed by atoms with Gasteiger partial charge in [-0.25, -0.2) is 4.98 Å². The van der Waals surface area contributed by atoms with Crippen molar-refractivity contribution in [3.8, 4) is 0 Å². The summed E-state index contributed by atoms with van der Waals surface area (Å²) in [6.07, 6.45) is 3.42. The van der Waals surface area contributed by atoms with Crippen molar-refractivity contribution in [2.45, 2.75) is 24.9 Å². The number of hydrogen-bond acceptors (Lipinski definition) is 5. The maximum Gasteiger partial charge on any atom is 0.322 e. The van der Waals surface area contributed by atoms with Crippen molar-refractivity contribution < 1.29 is 19.5 Å². The lowest BCUT2D eigenvalue weighted by Gasteiger charge is -2.20. The van der Waals surface area contributed by atoms with Gasteiger partial charge in [-0.2, -0.15) is 0 Å². The highest BCUT2D eigenvalue weighted by Gasteiger charge is 2.25. The minimum Gasteiger partial charge on any atom is -0.480 e. The van der Waals surface area contributed by atoms with Crippen LogP contribution in [0.4, 0.5) is 0 Å². The Morgan fingerprint density at radius 2 is 1.88 bits per heavy atom. The molecule has 0 saturated heterocycles. The summed E-state index contributed by atoms with van der Waals surface area (Å²) in [5.41, 5.74) is 7.46. The number of aromatic nitrogens is 2. The molecule has 0 aliphatic carbocycles. The Morgan fingerprint density at radius 1 is 1.15 bits per heavy atom. The monoisotopic (exact) mass is 359 g/mol. The van der Waals surface area contributed by atoms with Crippen LogP contribution in [0.1, 0.15) is 11.3 Å². The van der Waals surface area contributed by atoms with E-state index in [9.17, 15) is 14.4 Å². The number of nitrogens with one attached hydrogen (secondary N) is 3. The lowest BCUT2D eigenvalue weighted by Crippen LogP contribution is -2.53. The van der Waals surface area contributed by atoms with Crippen LogP contribution in [-0.2, 0) is 27.2 Å².